The van der Waals surface area contributed by atoms with Crippen molar-refractivity contribution in [2.24, 2.45) is 0 Å². The van der Waals surface area contributed by atoms with Crippen molar-refractivity contribution >= 4 is 5.97 Å². The Balaban J connectivity index is -0.0000000150. The second kappa shape index (κ2) is 4.39. The van der Waals surface area contributed by atoms with Crippen LogP contribution in [0.5, 0.6) is 0 Å². The molecule has 0 saturated carbocycles. The SMILES string of the molecule is CC(=O)O.[Cd+2].[H-].[H-]. The van der Waals surface area contributed by atoms with Gasteiger partial charge in [-0.1, -0.05) is 0 Å². The van der Waals surface area contributed by atoms with Gasteiger partial charge < -0.3 is 7.96 Å². The minimum atomic E-state index is -0.833. The summed E-state index contributed by atoms with van der Waals surface area (Å²) in [5, 5.41) is 7.42. The Hall–Kier alpha value is 0.392. The average Bonchev–Trinajstić information content (AvgIpc) is 0.811. The molecule has 0 radical (unpaired) electrons. The third kappa shape index (κ3) is 163. The first-order chi connectivity index (χ1) is 1.73. The number of hydrogen-bond donors (Lipinski definition) is 1. The monoisotopic (exact) mass is 176 g/mol. The molecule has 2 nitrogen and oxygen atoms in total. The first-order valence-electron chi connectivity index (χ1n) is 0.928. The molecule has 0 amide bonds. The van der Waals surface area contributed by atoms with Crippen LogP contribution in [0.2, 0.25) is 0 Å². The molecule has 3 heteroatoms. The second-order valence-corrected chi connectivity index (χ2v) is 0.519. The quantitative estimate of drug-likeness (QED) is 0.537. The average molecular weight is 174 g/mol. The van der Waals surface area contributed by atoms with Gasteiger partial charge in [-0.25, -0.2) is 0 Å². The molecular formula is C2H6CdO2. The van der Waals surface area contributed by atoms with Crippen LogP contribution in [-0.4, -0.2) is 11.1 Å². The summed E-state index contributed by atoms with van der Waals surface area (Å²) in [5.41, 5.74) is 0. The zero-order chi connectivity index (χ0) is 3.58. The van der Waals surface area contributed by atoms with Crippen molar-refractivity contribution in [3.8, 4) is 0 Å². The maximum Gasteiger partial charge on any atom is 2.00 e. The van der Waals surface area contributed by atoms with E-state index in [0.29, 0.717) is 0 Å². The van der Waals surface area contributed by atoms with Crippen LogP contribution in [0.3, 0.4) is 0 Å². The molecule has 0 saturated heterocycles. The van der Waals surface area contributed by atoms with E-state index in [2.05, 4.69) is 0 Å². The van der Waals surface area contributed by atoms with Crippen LogP contribution in [0.1, 0.15) is 9.78 Å². The molecule has 28 valence electrons. The van der Waals surface area contributed by atoms with Crippen LogP contribution < -0.4 is 0 Å². The Morgan fingerprint density at radius 1 is 2.00 bits per heavy atom. The fourth-order valence-electron chi connectivity index (χ4n) is 0. The third-order valence-corrected chi connectivity index (χ3v) is 0. The molecule has 1 N–H and O–H groups in total. The minimum absolute atomic E-state index is 0. The van der Waals surface area contributed by atoms with Crippen molar-refractivity contribution in [3.05, 3.63) is 0 Å². The summed E-state index contributed by atoms with van der Waals surface area (Å²) in [4.78, 5) is 9.00. The Bertz CT molecular complexity index is 36.7. The van der Waals surface area contributed by atoms with Crippen LogP contribution in [0, 0.1) is 0 Å². The van der Waals surface area contributed by atoms with Crippen molar-refractivity contribution in [2.75, 3.05) is 0 Å². The second-order valence-electron chi connectivity index (χ2n) is 0.519. The molecule has 0 aliphatic heterocycles. The van der Waals surface area contributed by atoms with Crippen molar-refractivity contribution in [1.82, 2.24) is 0 Å². The Morgan fingerprint density at radius 3 is 2.00 bits per heavy atom. The summed E-state index contributed by atoms with van der Waals surface area (Å²) >= 11 is 0. The van der Waals surface area contributed by atoms with E-state index in [-0.39, 0.29) is 30.2 Å². The molecule has 0 atom stereocenters. The maximum atomic E-state index is 9.00. The zero-order valence-corrected chi connectivity index (χ0v) is 7.10. The smallest absolute Gasteiger partial charge is 1.00 e. The predicted octanol–water partition coefficient (Wildman–Crippen LogP) is 0.313. The molecule has 5 heavy (non-hydrogen) atoms. The van der Waals surface area contributed by atoms with Crippen LogP contribution in [0.4, 0.5) is 0 Å². The van der Waals surface area contributed by atoms with Gasteiger partial charge in [-0.05, 0) is 0 Å². The molecule has 0 aliphatic rings. The Morgan fingerprint density at radius 2 is 2.00 bits per heavy atom. The Kier molecular flexibility index (Phi) is 7.94. The normalized spacial score (nSPS) is 5.00. The molecule has 0 fully saturated rings. The summed E-state index contributed by atoms with van der Waals surface area (Å²) in [6, 6.07) is 0. The molecule has 0 aromatic heterocycles. The number of rotatable bonds is 0. The van der Waals surface area contributed by atoms with Crippen LogP contribution in [0.25, 0.3) is 0 Å². The van der Waals surface area contributed by atoms with E-state index >= 15 is 0 Å². The summed E-state index contributed by atoms with van der Waals surface area (Å²) in [7, 11) is 0. The first kappa shape index (κ1) is 9.04. The van der Waals surface area contributed by atoms with Gasteiger partial charge >= 0.3 is 27.3 Å². The number of hydrogen-bond acceptors (Lipinski definition) is 1. The first-order valence-corrected chi connectivity index (χ1v) is 0.928. The molecule has 0 aliphatic carbocycles. The van der Waals surface area contributed by atoms with Crippen LogP contribution in [-0.2, 0) is 32.1 Å². The zero-order valence-electron chi connectivity index (χ0n) is 5.06. The van der Waals surface area contributed by atoms with Gasteiger partial charge in [-0.3, -0.25) is 4.79 Å². The van der Waals surface area contributed by atoms with E-state index < -0.39 is 5.97 Å². The van der Waals surface area contributed by atoms with E-state index in [1.54, 1.807) is 0 Å². The molecule has 0 rings (SSSR count). The summed E-state index contributed by atoms with van der Waals surface area (Å²) in [5.74, 6) is -0.833. The minimum Gasteiger partial charge on any atom is -1.00 e. The van der Waals surface area contributed by atoms with E-state index in [9.17, 15) is 0 Å². The van der Waals surface area contributed by atoms with Crippen LogP contribution >= 0.6 is 0 Å². The topological polar surface area (TPSA) is 37.3 Å². The molecular weight excluding hydrogens is 168 g/mol. The molecule has 0 bridgehead atoms. The van der Waals surface area contributed by atoms with Gasteiger partial charge in [0.2, 0.25) is 0 Å². The predicted molar refractivity (Wildman–Crippen MR) is 15.5 cm³/mol. The largest absolute Gasteiger partial charge is 2.00 e. The third-order valence-electron chi connectivity index (χ3n) is 0. The molecule has 0 aromatic rings. The number of carboxylic acids is 1. The summed E-state index contributed by atoms with van der Waals surface area (Å²) in [6.45, 7) is 1.08. The Labute approximate surface area is 53.3 Å². The molecule has 0 unspecified atom stereocenters. The van der Waals surface area contributed by atoms with E-state index in [1.165, 1.54) is 0 Å². The van der Waals surface area contributed by atoms with Crippen molar-refractivity contribution < 1.29 is 40.1 Å². The number of carboxylic acid groups (broad SMARTS) is 1. The number of aliphatic carboxylic acids is 1. The summed E-state index contributed by atoms with van der Waals surface area (Å²) < 4.78 is 0. The molecule has 0 spiro atoms. The number of carbonyl (C=O) groups is 1. The van der Waals surface area contributed by atoms with E-state index in [1.807, 2.05) is 0 Å². The van der Waals surface area contributed by atoms with Gasteiger partial charge in [0.15, 0.2) is 0 Å². The van der Waals surface area contributed by atoms with Gasteiger partial charge in [0.25, 0.3) is 5.97 Å². The van der Waals surface area contributed by atoms with Gasteiger partial charge in [-0.2, -0.15) is 0 Å². The fourth-order valence-corrected chi connectivity index (χ4v) is 0. The molecule has 0 heterocycles. The van der Waals surface area contributed by atoms with Gasteiger partial charge in [0.05, 0.1) is 0 Å². The summed E-state index contributed by atoms with van der Waals surface area (Å²) in [6.07, 6.45) is 0. The van der Waals surface area contributed by atoms with Gasteiger partial charge in [0, 0.05) is 6.92 Å². The van der Waals surface area contributed by atoms with Crippen molar-refractivity contribution in [1.29, 1.82) is 0 Å². The molecule has 0 aromatic carbocycles. The standard InChI is InChI=1S/C2H4O2.Cd.2H/c1-2(3)4;;;/h1H3,(H,3,4);;;/q;+2;2*-1. The maximum absolute atomic E-state index is 9.00. The van der Waals surface area contributed by atoms with E-state index in [0.717, 1.165) is 6.92 Å². The van der Waals surface area contributed by atoms with E-state index in [4.69, 9.17) is 9.90 Å². The fraction of sp³-hybridized carbons (Fsp3) is 0.500. The van der Waals surface area contributed by atoms with Crippen molar-refractivity contribution in [3.63, 3.8) is 0 Å². The van der Waals surface area contributed by atoms with Crippen LogP contribution in [0.15, 0.2) is 0 Å². The van der Waals surface area contributed by atoms with Gasteiger partial charge in [0.1, 0.15) is 0 Å². The van der Waals surface area contributed by atoms with Crippen molar-refractivity contribution in [2.45, 2.75) is 6.92 Å². The van der Waals surface area contributed by atoms with Gasteiger partial charge in [-0.15, -0.1) is 0 Å².